The normalized spacial score (nSPS) is 17.6. The molecule has 1 heterocycles. The zero-order valence-corrected chi connectivity index (χ0v) is 14.0. The van der Waals surface area contributed by atoms with E-state index in [1.165, 1.54) is 17.5 Å². The molecule has 1 aliphatic rings. The molecule has 122 valence electrons. The first kappa shape index (κ1) is 16.1. The summed E-state index contributed by atoms with van der Waals surface area (Å²) < 4.78 is 24.1. The summed E-state index contributed by atoms with van der Waals surface area (Å²) in [4.78, 5) is 13.7. The van der Waals surface area contributed by atoms with Gasteiger partial charge in [-0.2, -0.15) is 4.21 Å². The lowest BCUT2D eigenvalue weighted by Crippen LogP contribution is -2.35. The molecule has 1 amide bonds. The van der Waals surface area contributed by atoms with E-state index < -0.39 is 11.4 Å². The number of carbonyl (C=O) groups is 1. The summed E-state index contributed by atoms with van der Waals surface area (Å²) in [6.07, 6.45) is 1.72. The van der Waals surface area contributed by atoms with Gasteiger partial charge in [-0.25, -0.2) is 5.06 Å². The van der Waals surface area contributed by atoms with Crippen molar-refractivity contribution in [3.63, 3.8) is 0 Å². The SMILES string of the molecule is CN(OS(=O)O)c1cccc(C(=O)NC2Cc3ccsc3C2)c1. The van der Waals surface area contributed by atoms with Crippen molar-refractivity contribution in [3.8, 4) is 0 Å². The van der Waals surface area contributed by atoms with Gasteiger partial charge in [-0.05, 0) is 41.6 Å². The number of hydrogen-bond donors (Lipinski definition) is 2. The van der Waals surface area contributed by atoms with E-state index in [4.69, 9.17) is 4.55 Å². The van der Waals surface area contributed by atoms with Crippen LogP contribution in [0.15, 0.2) is 35.7 Å². The fraction of sp³-hybridized carbons (Fsp3) is 0.267. The highest BCUT2D eigenvalue weighted by atomic mass is 32.2. The number of hydroxylamine groups is 1. The molecule has 6 nitrogen and oxygen atoms in total. The molecule has 0 spiro atoms. The topological polar surface area (TPSA) is 78.9 Å². The van der Waals surface area contributed by atoms with Crippen LogP contribution in [0.25, 0.3) is 0 Å². The fourth-order valence-corrected chi connectivity index (χ4v) is 3.92. The highest BCUT2D eigenvalue weighted by molar-refractivity contribution is 7.74. The Hall–Kier alpha value is -1.74. The minimum absolute atomic E-state index is 0.118. The quantitative estimate of drug-likeness (QED) is 0.637. The van der Waals surface area contributed by atoms with Gasteiger partial charge in [-0.1, -0.05) is 6.07 Å². The van der Waals surface area contributed by atoms with Gasteiger partial charge in [-0.15, -0.1) is 15.6 Å². The van der Waals surface area contributed by atoms with E-state index in [2.05, 4.69) is 21.0 Å². The first-order valence-corrected chi connectivity index (χ1v) is 8.93. The van der Waals surface area contributed by atoms with Crippen molar-refractivity contribution >= 4 is 34.3 Å². The molecule has 3 rings (SSSR count). The highest BCUT2D eigenvalue weighted by Gasteiger charge is 2.24. The Morgan fingerprint density at radius 1 is 1.43 bits per heavy atom. The van der Waals surface area contributed by atoms with Gasteiger partial charge >= 0.3 is 11.4 Å². The molecule has 1 aromatic heterocycles. The van der Waals surface area contributed by atoms with Gasteiger partial charge in [-0.3, -0.25) is 9.35 Å². The smallest absolute Gasteiger partial charge is 0.325 e. The van der Waals surface area contributed by atoms with Gasteiger partial charge in [0.1, 0.15) is 0 Å². The number of benzene rings is 1. The van der Waals surface area contributed by atoms with Crippen LogP contribution in [-0.2, 0) is 28.5 Å². The Kier molecular flexibility index (Phi) is 4.76. The lowest BCUT2D eigenvalue weighted by atomic mass is 10.1. The standard InChI is InChI=1S/C15H16N2O4S2/c1-17(21-23(19)20)13-4-2-3-11(8-13)15(18)16-12-7-10-5-6-22-14(10)9-12/h2-6,8,12H,7,9H2,1H3,(H,16,18)(H,19,20). The Balaban J connectivity index is 1.66. The van der Waals surface area contributed by atoms with Crippen molar-refractivity contribution in [2.24, 2.45) is 0 Å². The zero-order chi connectivity index (χ0) is 16.4. The van der Waals surface area contributed by atoms with Crippen LogP contribution in [0.1, 0.15) is 20.8 Å². The number of rotatable bonds is 5. The molecule has 0 radical (unpaired) electrons. The van der Waals surface area contributed by atoms with Crippen LogP contribution >= 0.6 is 11.3 Å². The summed E-state index contributed by atoms with van der Waals surface area (Å²) in [5, 5.41) is 6.26. The maximum atomic E-state index is 12.4. The molecule has 1 aromatic carbocycles. The molecule has 2 unspecified atom stereocenters. The van der Waals surface area contributed by atoms with E-state index in [9.17, 15) is 9.00 Å². The summed E-state index contributed by atoms with van der Waals surface area (Å²) in [7, 11) is 1.50. The monoisotopic (exact) mass is 352 g/mol. The third-order valence-electron chi connectivity index (χ3n) is 3.72. The summed E-state index contributed by atoms with van der Waals surface area (Å²) in [5.74, 6) is -0.162. The van der Waals surface area contributed by atoms with Crippen LogP contribution < -0.4 is 10.4 Å². The molecule has 0 saturated carbocycles. The third kappa shape index (κ3) is 3.78. The molecular weight excluding hydrogens is 336 g/mol. The van der Waals surface area contributed by atoms with E-state index in [1.54, 1.807) is 35.6 Å². The second-order valence-electron chi connectivity index (χ2n) is 5.29. The molecule has 2 N–H and O–H groups in total. The minimum atomic E-state index is -2.41. The summed E-state index contributed by atoms with van der Waals surface area (Å²) in [6.45, 7) is 0. The maximum Gasteiger partial charge on any atom is 0.325 e. The number of hydrogen-bond acceptors (Lipinski definition) is 5. The Labute approximate surface area is 140 Å². The second-order valence-corrected chi connectivity index (χ2v) is 6.87. The Morgan fingerprint density at radius 2 is 2.26 bits per heavy atom. The molecule has 0 aliphatic heterocycles. The van der Waals surface area contributed by atoms with Gasteiger partial charge < -0.3 is 5.32 Å². The number of nitrogens with one attached hydrogen (secondary N) is 1. The highest BCUT2D eigenvalue weighted by Crippen LogP contribution is 2.27. The summed E-state index contributed by atoms with van der Waals surface area (Å²) in [6, 6.07) is 8.94. The zero-order valence-electron chi connectivity index (χ0n) is 12.4. The lowest BCUT2D eigenvalue weighted by molar-refractivity contribution is 0.0938. The van der Waals surface area contributed by atoms with Crippen molar-refractivity contribution in [1.29, 1.82) is 0 Å². The van der Waals surface area contributed by atoms with Crippen LogP contribution in [0.2, 0.25) is 0 Å². The summed E-state index contributed by atoms with van der Waals surface area (Å²) >= 11 is -0.685. The molecule has 1 aliphatic carbocycles. The van der Waals surface area contributed by atoms with Crippen LogP contribution in [0.5, 0.6) is 0 Å². The number of nitrogens with zero attached hydrogens (tertiary/aromatic N) is 1. The Morgan fingerprint density at radius 3 is 3.00 bits per heavy atom. The number of fused-ring (bicyclic) bond motifs is 1. The molecule has 2 atom stereocenters. The molecule has 0 bridgehead atoms. The van der Waals surface area contributed by atoms with Crippen molar-refractivity contribution in [1.82, 2.24) is 5.32 Å². The van der Waals surface area contributed by atoms with Crippen LogP contribution in [-0.4, -0.2) is 27.8 Å². The predicted molar refractivity (Wildman–Crippen MR) is 89.7 cm³/mol. The van der Waals surface area contributed by atoms with Gasteiger partial charge in [0.15, 0.2) is 0 Å². The average Bonchev–Trinajstić information content (AvgIpc) is 3.07. The predicted octanol–water partition coefficient (Wildman–Crippen LogP) is 2.15. The van der Waals surface area contributed by atoms with E-state index in [1.807, 2.05) is 0 Å². The van der Waals surface area contributed by atoms with Gasteiger partial charge in [0.25, 0.3) is 5.91 Å². The Bertz CT molecular complexity index is 726. The fourth-order valence-electron chi connectivity index (χ4n) is 2.64. The number of carbonyl (C=O) groups excluding carboxylic acids is 1. The largest absolute Gasteiger partial charge is 0.349 e. The van der Waals surface area contributed by atoms with Crippen LogP contribution in [0, 0.1) is 0 Å². The number of amides is 1. The molecule has 0 saturated heterocycles. The average molecular weight is 352 g/mol. The second kappa shape index (κ2) is 6.79. The van der Waals surface area contributed by atoms with Crippen molar-refractivity contribution in [2.45, 2.75) is 18.9 Å². The molecule has 23 heavy (non-hydrogen) atoms. The van der Waals surface area contributed by atoms with E-state index >= 15 is 0 Å². The molecular formula is C15H16N2O4S2. The molecule has 8 heteroatoms. The number of anilines is 1. The summed E-state index contributed by atoms with van der Waals surface area (Å²) in [5.41, 5.74) is 2.31. The van der Waals surface area contributed by atoms with Crippen molar-refractivity contribution in [2.75, 3.05) is 12.1 Å². The third-order valence-corrected chi connectivity index (χ3v) is 5.06. The van der Waals surface area contributed by atoms with E-state index in [0.717, 1.165) is 17.9 Å². The van der Waals surface area contributed by atoms with E-state index in [0.29, 0.717) is 11.3 Å². The van der Waals surface area contributed by atoms with E-state index in [-0.39, 0.29) is 11.9 Å². The van der Waals surface area contributed by atoms with Crippen molar-refractivity contribution in [3.05, 3.63) is 51.7 Å². The first-order chi connectivity index (χ1) is 11.0. The first-order valence-electron chi connectivity index (χ1n) is 7.02. The van der Waals surface area contributed by atoms with Gasteiger partial charge in [0.05, 0.1) is 5.69 Å². The molecule has 2 aromatic rings. The minimum Gasteiger partial charge on any atom is -0.349 e. The lowest BCUT2D eigenvalue weighted by Gasteiger charge is -2.17. The van der Waals surface area contributed by atoms with Crippen molar-refractivity contribution < 1.29 is 17.8 Å². The van der Waals surface area contributed by atoms with Gasteiger partial charge in [0, 0.05) is 30.0 Å². The van der Waals surface area contributed by atoms with Gasteiger partial charge in [0.2, 0.25) is 0 Å². The van der Waals surface area contributed by atoms with Crippen LogP contribution in [0.3, 0.4) is 0 Å². The van der Waals surface area contributed by atoms with Crippen LogP contribution in [0.4, 0.5) is 5.69 Å². The number of thiophene rings is 1. The maximum absolute atomic E-state index is 12.4. The molecule has 0 fully saturated rings.